The van der Waals surface area contributed by atoms with Crippen LogP contribution in [0.2, 0.25) is 0 Å². The van der Waals surface area contributed by atoms with Crippen LogP contribution in [-0.2, 0) is 0 Å². The molecule has 128 valence electrons. The zero-order chi connectivity index (χ0) is 17.2. The number of hydrogen-bond acceptors (Lipinski definition) is 2. The largest absolute Gasteiger partial charge is 0.494 e. The lowest BCUT2D eigenvalue weighted by Crippen LogP contribution is -1.97. The second-order valence-corrected chi connectivity index (χ2v) is 6.27. The Morgan fingerprint density at radius 1 is 0.792 bits per heavy atom. The Morgan fingerprint density at radius 2 is 1.33 bits per heavy atom. The van der Waals surface area contributed by atoms with Gasteiger partial charge in [0.25, 0.3) is 0 Å². The topological polar surface area (TPSA) is 26.3 Å². The molecule has 0 aromatic heterocycles. The molecule has 0 fully saturated rings. The molecule has 24 heavy (non-hydrogen) atoms. The summed E-state index contributed by atoms with van der Waals surface area (Å²) < 4.78 is 5.81. The number of benzene rings is 2. The summed E-state index contributed by atoms with van der Waals surface area (Å²) in [4.78, 5) is 11.3. The number of ketones is 1. The molecule has 0 atom stereocenters. The molecule has 0 unspecified atom stereocenters. The van der Waals surface area contributed by atoms with E-state index in [1.165, 1.54) is 32.1 Å². The lowest BCUT2D eigenvalue weighted by molar-refractivity contribution is 0.101. The fourth-order valence-electron chi connectivity index (χ4n) is 2.71. The minimum Gasteiger partial charge on any atom is -0.494 e. The number of unbranched alkanes of at least 4 members (excludes halogenated alkanes) is 5. The summed E-state index contributed by atoms with van der Waals surface area (Å²) in [6.45, 7) is 4.62. The summed E-state index contributed by atoms with van der Waals surface area (Å²) >= 11 is 0. The molecule has 2 rings (SSSR count). The molecule has 0 radical (unpaired) electrons. The third-order valence-corrected chi connectivity index (χ3v) is 4.25. The highest BCUT2D eigenvalue weighted by Gasteiger charge is 2.02. The maximum Gasteiger partial charge on any atom is 0.159 e. The second-order valence-electron chi connectivity index (χ2n) is 6.27. The molecule has 0 aliphatic carbocycles. The lowest BCUT2D eigenvalue weighted by Gasteiger charge is -2.08. The van der Waals surface area contributed by atoms with Gasteiger partial charge in [0.2, 0.25) is 0 Å². The van der Waals surface area contributed by atoms with E-state index in [0.717, 1.165) is 35.5 Å². The average Bonchev–Trinajstić information content (AvgIpc) is 2.61. The Bertz CT molecular complexity index is 611. The van der Waals surface area contributed by atoms with Crippen LogP contribution in [0, 0.1) is 0 Å². The van der Waals surface area contributed by atoms with Gasteiger partial charge in [-0.05, 0) is 36.6 Å². The number of carbonyl (C=O) groups excluding carboxylic acids is 1. The van der Waals surface area contributed by atoms with Crippen molar-refractivity contribution in [1.29, 1.82) is 0 Å². The van der Waals surface area contributed by atoms with Crippen LogP contribution in [0.4, 0.5) is 0 Å². The second kappa shape index (κ2) is 9.92. The first-order valence-electron chi connectivity index (χ1n) is 9.05. The summed E-state index contributed by atoms with van der Waals surface area (Å²) in [5.41, 5.74) is 3.00. The van der Waals surface area contributed by atoms with E-state index >= 15 is 0 Å². The van der Waals surface area contributed by atoms with Crippen LogP contribution < -0.4 is 4.74 Å². The molecule has 2 heteroatoms. The molecule has 2 aromatic carbocycles. The predicted molar refractivity (Wildman–Crippen MR) is 101 cm³/mol. The highest BCUT2D eigenvalue weighted by molar-refractivity contribution is 5.94. The highest BCUT2D eigenvalue weighted by Crippen LogP contribution is 2.23. The van der Waals surface area contributed by atoms with Crippen LogP contribution in [0.15, 0.2) is 48.5 Å². The van der Waals surface area contributed by atoms with Crippen molar-refractivity contribution < 1.29 is 9.53 Å². The van der Waals surface area contributed by atoms with Crippen molar-refractivity contribution in [2.24, 2.45) is 0 Å². The zero-order valence-electron chi connectivity index (χ0n) is 14.9. The molecule has 0 aliphatic rings. The van der Waals surface area contributed by atoms with Crippen molar-refractivity contribution in [3.8, 4) is 16.9 Å². The Kier molecular flexibility index (Phi) is 7.54. The van der Waals surface area contributed by atoms with Gasteiger partial charge in [0, 0.05) is 5.56 Å². The Balaban J connectivity index is 1.79. The first-order valence-corrected chi connectivity index (χ1v) is 9.05. The maximum atomic E-state index is 11.3. The van der Waals surface area contributed by atoms with Gasteiger partial charge in [0.05, 0.1) is 6.61 Å². The van der Waals surface area contributed by atoms with Crippen molar-refractivity contribution >= 4 is 5.78 Å². The van der Waals surface area contributed by atoms with E-state index in [-0.39, 0.29) is 5.78 Å². The third-order valence-electron chi connectivity index (χ3n) is 4.25. The van der Waals surface area contributed by atoms with Crippen molar-refractivity contribution in [3.63, 3.8) is 0 Å². The fraction of sp³-hybridized carbons (Fsp3) is 0.409. The molecule has 0 saturated carbocycles. The predicted octanol–water partition coefficient (Wildman–Crippen LogP) is 6.30. The zero-order valence-corrected chi connectivity index (χ0v) is 14.9. The van der Waals surface area contributed by atoms with Crippen LogP contribution >= 0.6 is 0 Å². The summed E-state index contributed by atoms with van der Waals surface area (Å²) in [7, 11) is 0. The van der Waals surface area contributed by atoms with Crippen molar-refractivity contribution in [2.75, 3.05) is 6.61 Å². The smallest absolute Gasteiger partial charge is 0.159 e. The maximum absolute atomic E-state index is 11.3. The third kappa shape index (κ3) is 5.84. The van der Waals surface area contributed by atoms with Crippen LogP contribution in [0.3, 0.4) is 0 Å². The van der Waals surface area contributed by atoms with Crippen molar-refractivity contribution in [3.05, 3.63) is 54.1 Å². The molecule has 2 nitrogen and oxygen atoms in total. The van der Waals surface area contributed by atoms with Crippen LogP contribution in [0.5, 0.6) is 5.75 Å². The van der Waals surface area contributed by atoms with E-state index in [4.69, 9.17) is 4.74 Å². The van der Waals surface area contributed by atoms with Crippen LogP contribution in [0.25, 0.3) is 11.1 Å². The van der Waals surface area contributed by atoms with Crippen LogP contribution in [-0.4, -0.2) is 12.4 Å². The number of hydrogen-bond donors (Lipinski definition) is 0. The van der Waals surface area contributed by atoms with Gasteiger partial charge in [-0.25, -0.2) is 0 Å². The van der Waals surface area contributed by atoms with Gasteiger partial charge in [0.15, 0.2) is 5.78 Å². The molecular formula is C22H28O2. The van der Waals surface area contributed by atoms with Gasteiger partial charge in [-0.3, -0.25) is 4.79 Å². The van der Waals surface area contributed by atoms with Gasteiger partial charge in [-0.15, -0.1) is 0 Å². The van der Waals surface area contributed by atoms with E-state index in [0.29, 0.717) is 0 Å². The van der Waals surface area contributed by atoms with Crippen molar-refractivity contribution in [2.45, 2.75) is 52.4 Å². The van der Waals surface area contributed by atoms with E-state index < -0.39 is 0 Å². The molecule has 0 saturated heterocycles. The Labute approximate surface area is 145 Å². The van der Waals surface area contributed by atoms with E-state index in [1.54, 1.807) is 6.92 Å². The van der Waals surface area contributed by atoms with Crippen molar-refractivity contribution in [1.82, 2.24) is 0 Å². The van der Waals surface area contributed by atoms with Gasteiger partial charge in [-0.2, -0.15) is 0 Å². The number of Topliss-reactive ketones (excluding diaryl/α,β-unsaturated/α-hetero) is 1. The monoisotopic (exact) mass is 324 g/mol. The Hall–Kier alpha value is -2.09. The summed E-state index contributed by atoms with van der Waals surface area (Å²) in [5.74, 6) is 1.02. The quantitative estimate of drug-likeness (QED) is 0.379. The molecule has 0 N–H and O–H groups in total. The molecular weight excluding hydrogens is 296 g/mol. The first kappa shape index (κ1) is 18.3. The number of rotatable bonds is 10. The van der Waals surface area contributed by atoms with Gasteiger partial charge in [0.1, 0.15) is 5.75 Å². The van der Waals surface area contributed by atoms with E-state index in [9.17, 15) is 4.79 Å². The molecule has 2 aromatic rings. The normalized spacial score (nSPS) is 10.6. The SMILES string of the molecule is CCCCCCCCOc1ccc(-c2ccc(C(C)=O)cc2)cc1. The van der Waals surface area contributed by atoms with Gasteiger partial charge in [-0.1, -0.05) is 75.4 Å². The summed E-state index contributed by atoms with van der Waals surface area (Å²) in [6, 6.07) is 15.9. The number of ether oxygens (including phenoxy) is 1. The highest BCUT2D eigenvalue weighted by atomic mass is 16.5. The lowest BCUT2D eigenvalue weighted by atomic mass is 10.0. The molecule has 0 aliphatic heterocycles. The minimum atomic E-state index is 0.0972. The van der Waals surface area contributed by atoms with Gasteiger partial charge >= 0.3 is 0 Å². The Morgan fingerprint density at radius 3 is 1.92 bits per heavy atom. The van der Waals surface area contributed by atoms with E-state index in [2.05, 4.69) is 19.1 Å². The van der Waals surface area contributed by atoms with E-state index in [1.807, 2.05) is 36.4 Å². The number of carbonyl (C=O) groups is 1. The van der Waals surface area contributed by atoms with Crippen LogP contribution in [0.1, 0.15) is 62.7 Å². The molecule has 0 amide bonds. The fourth-order valence-corrected chi connectivity index (χ4v) is 2.71. The molecule has 0 spiro atoms. The minimum absolute atomic E-state index is 0.0972. The summed E-state index contributed by atoms with van der Waals surface area (Å²) in [5, 5.41) is 0. The standard InChI is InChI=1S/C22H28O2/c1-3-4-5-6-7-8-17-24-22-15-13-21(14-16-22)20-11-9-19(10-12-20)18(2)23/h9-16H,3-8,17H2,1-2H3. The molecule has 0 heterocycles. The average molecular weight is 324 g/mol. The first-order chi connectivity index (χ1) is 11.7. The summed E-state index contributed by atoms with van der Waals surface area (Å²) in [6.07, 6.45) is 7.66. The van der Waals surface area contributed by atoms with Gasteiger partial charge < -0.3 is 4.74 Å². The molecule has 0 bridgehead atoms.